The van der Waals surface area contributed by atoms with Crippen LogP contribution in [0.4, 0.5) is 30.4 Å². The second kappa shape index (κ2) is 10.5. The van der Waals surface area contributed by atoms with Crippen molar-refractivity contribution < 1.29 is 27.5 Å². The van der Waals surface area contributed by atoms with Gasteiger partial charge in [-0.05, 0) is 30.7 Å². The molecular formula is C23H20ClF3N4O3. The third-order valence-corrected chi connectivity index (χ3v) is 5.02. The lowest BCUT2D eigenvalue weighted by Gasteiger charge is -2.21. The van der Waals surface area contributed by atoms with Crippen LogP contribution in [0.15, 0.2) is 54.9 Å². The van der Waals surface area contributed by atoms with Gasteiger partial charge in [0.2, 0.25) is 17.7 Å². The molecule has 0 radical (unpaired) electrons. The fourth-order valence-corrected chi connectivity index (χ4v) is 3.47. The van der Waals surface area contributed by atoms with E-state index in [-0.39, 0.29) is 23.7 Å². The first kappa shape index (κ1) is 25.0. The summed E-state index contributed by atoms with van der Waals surface area (Å²) in [5.74, 6) is -0.389. The van der Waals surface area contributed by atoms with Crippen LogP contribution in [-0.4, -0.2) is 28.4 Å². The summed E-state index contributed by atoms with van der Waals surface area (Å²) in [5, 5.41) is 2.08. The van der Waals surface area contributed by atoms with Crippen molar-refractivity contribution in [1.29, 1.82) is 0 Å². The maximum atomic E-state index is 13.1. The first-order chi connectivity index (χ1) is 16.1. The summed E-state index contributed by atoms with van der Waals surface area (Å²) in [5.41, 5.74) is -0.221. The Morgan fingerprint density at radius 1 is 1.12 bits per heavy atom. The van der Waals surface area contributed by atoms with E-state index in [1.54, 1.807) is 19.1 Å². The van der Waals surface area contributed by atoms with Crippen LogP contribution in [0.3, 0.4) is 0 Å². The van der Waals surface area contributed by atoms with Crippen molar-refractivity contribution in [2.45, 2.75) is 26.4 Å². The average Bonchev–Trinajstić information content (AvgIpc) is 2.75. The van der Waals surface area contributed by atoms with Gasteiger partial charge in [0.25, 0.3) is 0 Å². The third-order valence-electron chi connectivity index (χ3n) is 4.58. The van der Waals surface area contributed by atoms with Crippen LogP contribution < -0.4 is 15.0 Å². The van der Waals surface area contributed by atoms with E-state index in [0.717, 1.165) is 6.07 Å². The topological polar surface area (TPSA) is 84.4 Å². The van der Waals surface area contributed by atoms with E-state index in [4.69, 9.17) is 16.3 Å². The predicted octanol–water partition coefficient (Wildman–Crippen LogP) is 5.41. The lowest BCUT2D eigenvalue weighted by atomic mass is 10.1. The minimum atomic E-state index is -4.63. The molecule has 2 heterocycles. The molecule has 1 N–H and O–H groups in total. The van der Waals surface area contributed by atoms with Gasteiger partial charge in [-0.2, -0.15) is 13.2 Å². The summed E-state index contributed by atoms with van der Waals surface area (Å²) in [6.07, 6.45) is -2.13. The fraction of sp³-hybridized carbons (Fsp3) is 0.217. The van der Waals surface area contributed by atoms with E-state index in [1.807, 2.05) is 0 Å². The average molecular weight is 493 g/mol. The number of carbonyl (C=O) groups is 2. The number of hydrogen-bond donors (Lipinski definition) is 1. The number of anilines is 3. The zero-order chi connectivity index (χ0) is 24.9. The van der Waals surface area contributed by atoms with Crippen molar-refractivity contribution in [3.63, 3.8) is 0 Å². The number of amides is 2. The summed E-state index contributed by atoms with van der Waals surface area (Å²) in [7, 11) is 0. The van der Waals surface area contributed by atoms with Crippen molar-refractivity contribution in [3.8, 4) is 5.88 Å². The van der Waals surface area contributed by atoms with Crippen molar-refractivity contribution in [1.82, 2.24) is 9.97 Å². The van der Waals surface area contributed by atoms with Crippen molar-refractivity contribution in [3.05, 3.63) is 71.0 Å². The molecule has 2 amide bonds. The Bertz CT molecular complexity index is 1200. The van der Waals surface area contributed by atoms with Gasteiger partial charge in [-0.15, -0.1) is 0 Å². The monoisotopic (exact) mass is 492 g/mol. The maximum Gasteiger partial charge on any atom is 0.417 e. The molecule has 0 unspecified atom stereocenters. The molecule has 0 aliphatic rings. The molecule has 0 spiro atoms. The molecule has 0 fully saturated rings. The number of carbonyl (C=O) groups excluding carboxylic acids is 2. The van der Waals surface area contributed by atoms with E-state index < -0.39 is 22.7 Å². The third kappa shape index (κ3) is 6.02. The number of alkyl halides is 3. The molecule has 0 saturated heterocycles. The second-order valence-electron chi connectivity index (χ2n) is 7.04. The van der Waals surface area contributed by atoms with E-state index in [9.17, 15) is 22.8 Å². The van der Waals surface area contributed by atoms with E-state index >= 15 is 0 Å². The van der Waals surface area contributed by atoms with Gasteiger partial charge in [-0.1, -0.05) is 23.7 Å². The molecular weight excluding hydrogens is 473 g/mol. The number of rotatable bonds is 7. The Balaban J connectivity index is 1.82. The molecule has 0 saturated carbocycles. The highest BCUT2D eigenvalue weighted by molar-refractivity contribution is 6.32. The largest absolute Gasteiger partial charge is 0.478 e. The van der Waals surface area contributed by atoms with Gasteiger partial charge >= 0.3 is 6.18 Å². The summed E-state index contributed by atoms with van der Waals surface area (Å²) >= 11 is 5.88. The Labute approximate surface area is 198 Å². The van der Waals surface area contributed by atoms with E-state index in [0.29, 0.717) is 23.9 Å². The van der Waals surface area contributed by atoms with Gasteiger partial charge < -0.3 is 10.1 Å². The smallest absolute Gasteiger partial charge is 0.417 e. The first-order valence-corrected chi connectivity index (χ1v) is 10.5. The minimum Gasteiger partial charge on any atom is -0.478 e. The highest BCUT2D eigenvalue weighted by atomic mass is 35.5. The molecule has 178 valence electrons. The molecule has 34 heavy (non-hydrogen) atoms. The zero-order valence-electron chi connectivity index (χ0n) is 18.2. The normalized spacial score (nSPS) is 11.1. The van der Waals surface area contributed by atoms with E-state index in [1.165, 1.54) is 48.5 Å². The van der Waals surface area contributed by atoms with Crippen molar-refractivity contribution in [2.24, 2.45) is 0 Å². The molecule has 3 aromatic rings. The number of nitrogens with zero attached hydrogens (tertiary/aromatic N) is 3. The molecule has 0 bridgehead atoms. The molecule has 3 rings (SSSR count). The molecule has 1 aromatic carbocycles. The molecule has 2 aromatic heterocycles. The lowest BCUT2D eigenvalue weighted by Crippen LogP contribution is -2.24. The van der Waals surface area contributed by atoms with Crippen molar-refractivity contribution in [2.75, 3.05) is 16.8 Å². The van der Waals surface area contributed by atoms with Gasteiger partial charge in [0.05, 0.1) is 29.3 Å². The van der Waals surface area contributed by atoms with Gasteiger partial charge in [0, 0.05) is 37.1 Å². The summed E-state index contributed by atoms with van der Waals surface area (Å²) in [4.78, 5) is 34.5. The Morgan fingerprint density at radius 2 is 1.85 bits per heavy atom. The molecule has 0 aliphatic heterocycles. The molecule has 0 atom stereocenters. The summed E-state index contributed by atoms with van der Waals surface area (Å²) in [6.45, 7) is 3.55. The molecule has 0 aliphatic carbocycles. The number of ether oxygens (including phenoxy) is 1. The number of halogens is 4. The van der Waals surface area contributed by atoms with Crippen LogP contribution in [-0.2, 0) is 22.2 Å². The predicted molar refractivity (Wildman–Crippen MR) is 121 cm³/mol. The Morgan fingerprint density at radius 3 is 2.53 bits per heavy atom. The van der Waals surface area contributed by atoms with Gasteiger partial charge in [-0.3, -0.25) is 14.5 Å². The number of hydrogen-bond acceptors (Lipinski definition) is 5. The highest BCUT2D eigenvalue weighted by Gasteiger charge is 2.34. The Kier molecular flexibility index (Phi) is 7.72. The maximum absolute atomic E-state index is 13.1. The first-order valence-electron chi connectivity index (χ1n) is 10.1. The SMILES string of the molecule is CCOc1cc(N(C(C)=O)c2cc(NC(=O)Cc3cccc(C(F)(F)F)c3Cl)ccn2)ccn1. The van der Waals surface area contributed by atoms with Gasteiger partial charge in [0.15, 0.2) is 0 Å². The quantitative estimate of drug-likeness (QED) is 0.476. The molecule has 11 heteroatoms. The van der Waals surface area contributed by atoms with Crippen molar-refractivity contribution >= 4 is 40.6 Å². The number of benzene rings is 1. The van der Waals surface area contributed by atoms with Gasteiger partial charge in [0.1, 0.15) is 5.82 Å². The van der Waals surface area contributed by atoms with E-state index in [2.05, 4.69) is 15.3 Å². The number of pyridine rings is 2. The second-order valence-corrected chi connectivity index (χ2v) is 7.42. The summed E-state index contributed by atoms with van der Waals surface area (Å²) < 4.78 is 44.6. The number of aromatic nitrogens is 2. The van der Waals surface area contributed by atoms with Gasteiger partial charge in [-0.25, -0.2) is 9.97 Å². The van der Waals surface area contributed by atoms with Crippen LogP contribution >= 0.6 is 11.6 Å². The highest BCUT2D eigenvalue weighted by Crippen LogP contribution is 2.36. The lowest BCUT2D eigenvalue weighted by molar-refractivity contribution is -0.137. The summed E-state index contributed by atoms with van der Waals surface area (Å²) in [6, 6.07) is 9.54. The number of nitrogens with one attached hydrogen (secondary N) is 1. The fourth-order valence-electron chi connectivity index (χ4n) is 3.17. The standard InChI is InChI=1S/C23H20ClF3N4O3/c1-3-34-21-13-17(8-10-29-21)31(14(2)32)19-12-16(7-9-28-19)30-20(33)11-15-5-4-6-18(22(15)24)23(25,26)27/h4-10,12-13H,3,11H2,1-2H3,(H,28,30,33). The van der Waals surface area contributed by atoms with Crippen LogP contribution in [0.2, 0.25) is 5.02 Å². The zero-order valence-corrected chi connectivity index (χ0v) is 18.9. The van der Waals surface area contributed by atoms with Crippen LogP contribution in [0.5, 0.6) is 5.88 Å². The minimum absolute atomic E-state index is 0.0360. The molecule has 7 nitrogen and oxygen atoms in total. The Hall–Kier alpha value is -3.66. The van der Waals surface area contributed by atoms with Crippen LogP contribution in [0, 0.1) is 0 Å². The van der Waals surface area contributed by atoms with Crippen LogP contribution in [0.25, 0.3) is 0 Å². The van der Waals surface area contributed by atoms with Crippen LogP contribution in [0.1, 0.15) is 25.0 Å².